The summed E-state index contributed by atoms with van der Waals surface area (Å²) in [6.45, 7) is 18.6. The van der Waals surface area contributed by atoms with Gasteiger partial charge in [0.1, 0.15) is 6.07 Å². The Morgan fingerprint density at radius 3 is 1.23 bits per heavy atom. The molecule has 82 heavy (non-hydrogen) atoms. The lowest BCUT2D eigenvalue weighted by Gasteiger charge is -2.42. The lowest BCUT2D eigenvalue weighted by atomic mass is 9.34. The van der Waals surface area contributed by atoms with Gasteiger partial charge in [0.2, 0.25) is 5.69 Å². The molecule has 0 amide bonds. The van der Waals surface area contributed by atoms with Gasteiger partial charge in [-0.15, -0.1) is 0 Å². The molecule has 0 fully saturated rings. The van der Waals surface area contributed by atoms with Crippen LogP contribution >= 0.6 is 0 Å². The first-order valence-electron chi connectivity index (χ1n) is 28.2. The van der Waals surface area contributed by atoms with Crippen molar-refractivity contribution in [2.45, 2.75) is 38.5 Å². The van der Waals surface area contributed by atoms with E-state index in [-0.39, 0.29) is 17.5 Å². The fourth-order valence-corrected chi connectivity index (χ4v) is 15.2. The van der Waals surface area contributed by atoms with Gasteiger partial charge >= 0.3 is 0 Å². The van der Waals surface area contributed by atoms with Crippen LogP contribution in [0.1, 0.15) is 55.5 Å². The van der Waals surface area contributed by atoms with Gasteiger partial charge in [-0.2, -0.15) is 5.26 Å². The predicted molar refractivity (Wildman–Crippen MR) is 339 cm³/mol. The molecule has 17 rings (SSSR count). The molecule has 0 saturated heterocycles. The van der Waals surface area contributed by atoms with Crippen molar-refractivity contribution < 1.29 is 0 Å². The van der Waals surface area contributed by atoms with Crippen LogP contribution in [-0.2, 0) is 10.8 Å². The van der Waals surface area contributed by atoms with E-state index in [9.17, 15) is 11.8 Å². The first-order chi connectivity index (χ1) is 40.2. The molecule has 8 heteroatoms. The van der Waals surface area contributed by atoms with Crippen molar-refractivity contribution in [3.05, 3.63) is 270 Å². The molecule has 384 valence electrons. The van der Waals surface area contributed by atoms with E-state index in [0.29, 0.717) is 16.9 Å². The molecule has 0 saturated carbocycles. The number of para-hydroxylation sites is 8. The standard InChI is InChI=1S/C74H50BN7/c1-73(2)54-24-8-14-32-62(54)79(63-33-15-9-25-55(63)73)47-40-36-45(37-41-47)78(46-38-42-48(43-39-46)80-64-34-16-10-26-56(64)74(3,4)57-27-11-17-35-65(57)80)71-53(44-76)70-66-72(67(71)77-5)82-61-31-13-7-21-50(61)52-23-19-29-59(69(52)82)75(66)58-28-18-22-51-49-20-6-12-30-60(49)81(70)68(51)58/h6-43H,1-4H3. The van der Waals surface area contributed by atoms with Gasteiger partial charge in [0.25, 0.3) is 6.71 Å². The van der Waals surface area contributed by atoms with Crippen LogP contribution in [0, 0.1) is 17.9 Å². The van der Waals surface area contributed by atoms with E-state index in [4.69, 9.17) is 4.85 Å². The minimum Gasteiger partial charge on any atom is -0.320 e. The Kier molecular flexibility index (Phi) is 9.34. The smallest absolute Gasteiger partial charge is 0.250 e. The quantitative estimate of drug-likeness (QED) is 0.127. The van der Waals surface area contributed by atoms with Crippen molar-refractivity contribution >= 4 is 124 Å². The van der Waals surface area contributed by atoms with E-state index in [1.165, 1.54) is 22.3 Å². The predicted octanol–water partition coefficient (Wildman–Crippen LogP) is 17.1. The summed E-state index contributed by atoms with van der Waals surface area (Å²) in [4.78, 5) is 11.7. The van der Waals surface area contributed by atoms with Crippen molar-refractivity contribution in [1.82, 2.24) is 9.13 Å². The summed E-state index contributed by atoms with van der Waals surface area (Å²) in [6.07, 6.45) is 0. The summed E-state index contributed by atoms with van der Waals surface area (Å²) in [6, 6.07) is 85.8. The maximum atomic E-state index is 12.4. The van der Waals surface area contributed by atoms with Crippen LogP contribution in [0.15, 0.2) is 231 Å². The third kappa shape index (κ3) is 5.87. The van der Waals surface area contributed by atoms with Crippen molar-refractivity contribution in [1.29, 1.82) is 5.26 Å². The van der Waals surface area contributed by atoms with Crippen molar-refractivity contribution in [2.75, 3.05) is 14.7 Å². The monoisotopic (exact) mass is 1050 g/mol. The number of nitrogens with zero attached hydrogens (tertiary/aromatic N) is 7. The van der Waals surface area contributed by atoms with Crippen molar-refractivity contribution in [3.63, 3.8) is 0 Å². The molecule has 0 N–H and O–H groups in total. The summed E-state index contributed by atoms with van der Waals surface area (Å²) < 4.78 is 4.71. The van der Waals surface area contributed by atoms with Gasteiger partial charge in [0.15, 0.2) is 0 Å². The average Bonchev–Trinajstić information content (AvgIpc) is 1.50. The lowest BCUT2D eigenvalue weighted by Crippen LogP contribution is -2.59. The third-order valence-corrected chi connectivity index (χ3v) is 18.7. The van der Waals surface area contributed by atoms with E-state index < -0.39 is 0 Å². The number of rotatable bonds is 5. The molecule has 2 aromatic heterocycles. The molecule has 0 radical (unpaired) electrons. The largest absolute Gasteiger partial charge is 0.320 e. The summed E-state index contributed by atoms with van der Waals surface area (Å²) in [5, 5.41) is 16.9. The van der Waals surface area contributed by atoms with Gasteiger partial charge in [0, 0.05) is 66.2 Å². The van der Waals surface area contributed by atoms with Crippen molar-refractivity contribution in [2.24, 2.45) is 0 Å². The zero-order chi connectivity index (χ0) is 54.9. The Bertz CT molecular complexity index is 4640. The SMILES string of the molecule is [C-]#[N+]c1c(N(c2ccc(N3c4ccccc4C(C)(C)c4ccccc43)cc2)c2ccc(N3c4ccccc4C(C)(C)c4ccccc43)cc2)c(C#N)c2c3c1-n1c4ccccc4c4cccc(c41)B3c1cccc3c4ccccc4n-2c13. The molecule has 0 aliphatic carbocycles. The van der Waals surface area contributed by atoms with E-state index >= 15 is 0 Å². The molecule has 11 aromatic carbocycles. The van der Waals surface area contributed by atoms with Crippen LogP contribution in [0.25, 0.3) is 59.8 Å². The first kappa shape index (κ1) is 46.4. The molecule has 0 atom stereocenters. The summed E-state index contributed by atoms with van der Waals surface area (Å²) in [5.74, 6) is 0. The van der Waals surface area contributed by atoms with Gasteiger partial charge in [-0.25, -0.2) is 4.85 Å². The Morgan fingerprint density at radius 1 is 0.439 bits per heavy atom. The normalized spacial score (nSPS) is 14.4. The first-order valence-corrected chi connectivity index (χ1v) is 28.2. The number of benzene rings is 11. The molecular weight excluding hydrogens is 998 g/mol. The number of nitriles is 1. The van der Waals surface area contributed by atoms with Crippen molar-refractivity contribution in [3.8, 4) is 17.4 Å². The Labute approximate surface area is 475 Å². The van der Waals surface area contributed by atoms with Crippen LogP contribution in [0.5, 0.6) is 0 Å². The van der Waals surface area contributed by atoms with Crippen LogP contribution in [0.2, 0.25) is 0 Å². The summed E-state index contributed by atoms with van der Waals surface area (Å²) in [5.41, 5.74) is 23.3. The highest BCUT2D eigenvalue weighted by molar-refractivity contribution is 7.00. The van der Waals surface area contributed by atoms with E-state index in [0.717, 1.165) is 117 Å². The summed E-state index contributed by atoms with van der Waals surface area (Å²) >= 11 is 0. The molecule has 7 nitrogen and oxygen atoms in total. The van der Waals surface area contributed by atoms with Gasteiger partial charge in [0.05, 0.1) is 63.0 Å². The molecule has 0 spiro atoms. The highest BCUT2D eigenvalue weighted by Gasteiger charge is 2.46. The molecule has 6 heterocycles. The Hall–Kier alpha value is -10.5. The Balaban J connectivity index is 0.966. The second kappa shape index (κ2) is 16.5. The number of anilines is 9. The topological polar surface area (TPSA) is 47.7 Å². The van der Waals surface area contributed by atoms with Gasteiger partial charge in [-0.3, -0.25) is 0 Å². The number of fused-ring (bicyclic) bond motifs is 14. The molecular formula is C74H50BN7. The highest BCUT2D eigenvalue weighted by Crippen LogP contribution is 2.56. The fraction of sp³-hybridized carbons (Fsp3) is 0.0811. The second-order valence-corrected chi connectivity index (χ2v) is 23.4. The van der Waals surface area contributed by atoms with Gasteiger partial charge in [-0.05, 0) is 124 Å². The third-order valence-electron chi connectivity index (χ3n) is 18.7. The molecule has 4 aliphatic rings. The van der Waals surface area contributed by atoms with Gasteiger partial charge < -0.3 is 23.8 Å². The second-order valence-electron chi connectivity index (χ2n) is 23.4. The highest BCUT2D eigenvalue weighted by atomic mass is 15.2. The molecule has 0 bridgehead atoms. The number of aromatic nitrogens is 2. The van der Waals surface area contributed by atoms with E-state index in [1.54, 1.807) is 0 Å². The minimum absolute atomic E-state index is 0.217. The van der Waals surface area contributed by atoms with Crippen LogP contribution in [0.3, 0.4) is 0 Å². The average molecular weight is 1050 g/mol. The van der Waals surface area contributed by atoms with E-state index in [2.05, 4.69) is 288 Å². The number of hydrogen-bond acceptors (Lipinski definition) is 4. The van der Waals surface area contributed by atoms with Crippen LogP contribution in [-0.4, -0.2) is 15.8 Å². The zero-order valence-corrected chi connectivity index (χ0v) is 45.6. The molecule has 0 unspecified atom stereocenters. The lowest BCUT2D eigenvalue weighted by molar-refractivity contribution is 0.632. The minimum atomic E-state index is -0.264. The van der Waals surface area contributed by atoms with Crippen LogP contribution < -0.4 is 31.1 Å². The maximum Gasteiger partial charge on any atom is 0.250 e. The number of hydrogen-bond donors (Lipinski definition) is 0. The summed E-state index contributed by atoms with van der Waals surface area (Å²) in [7, 11) is 0. The molecule has 13 aromatic rings. The van der Waals surface area contributed by atoms with Crippen LogP contribution in [0.4, 0.5) is 56.9 Å². The fourth-order valence-electron chi connectivity index (χ4n) is 15.2. The maximum absolute atomic E-state index is 12.4. The van der Waals surface area contributed by atoms with E-state index in [1.807, 2.05) is 0 Å². The Morgan fingerprint density at radius 2 is 0.817 bits per heavy atom. The zero-order valence-electron chi connectivity index (χ0n) is 45.6. The van der Waals surface area contributed by atoms with Gasteiger partial charge in [-0.1, -0.05) is 173 Å². The molecule has 4 aliphatic heterocycles.